The smallest absolute Gasteiger partial charge is 0.125 e. The molecular weight excluding hydrogens is 160 g/mol. The van der Waals surface area contributed by atoms with Gasteiger partial charge in [0.15, 0.2) is 0 Å². The molecule has 1 heterocycles. The van der Waals surface area contributed by atoms with E-state index in [0.29, 0.717) is 0 Å². The molecule has 2 heteroatoms. The lowest BCUT2D eigenvalue weighted by Crippen LogP contribution is -2.17. The molecule has 0 atom stereocenters. The Balaban J connectivity index is 3.37. The zero-order chi connectivity index (χ0) is 10.2. The van der Waals surface area contributed by atoms with E-state index in [-0.39, 0.29) is 5.41 Å². The van der Waals surface area contributed by atoms with Gasteiger partial charge in [-0.2, -0.15) is 0 Å². The van der Waals surface area contributed by atoms with Crippen LogP contribution in [-0.4, -0.2) is 9.97 Å². The first kappa shape index (κ1) is 10.2. The SMILES string of the molecule is Cc1nc(C)c(C)c(C(C)(C)C)n1. The second-order valence-electron chi connectivity index (χ2n) is 4.58. The van der Waals surface area contributed by atoms with Crippen LogP contribution in [-0.2, 0) is 5.41 Å². The molecule has 0 aliphatic carbocycles. The Morgan fingerprint density at radius 2 is 1.46 bits per heavy atom. The summed E-state index contributed by atoms with van der Waals surface area (Å²) in [5.41, 5.74) is 3.59. The second kappa shape index (κ2) is 3.09. The third-order valence-electron chi connectivity index (χ3n) is 2.21. The molecule has 1 rings (SSSR count). The minimum atomic E-state index is 0.114. The molecule has 0 aromatic carbocycles. The molecule has 1 aromatic rings. The Kier molecular flexibility index (Phi) is 2.42. The summed E-state index contributed by atoms with van der Waals surface area (Å²) < 4.78 is 0. The van der Waals surface area contributed by atoms with Crippen molar-refractivity contribution in [3.63, 3.8) is 0 Å². The molecule has 0 bridgehead atoms. The number of aryl methyl sites for hydroxylation is 2. The monoisotopic (exact) mass is 178 g/mol. The fraction of sp³-hybridized carbons (Fsp3) is 0.636. The van der Waals surface area contributed by atoms with Crippen LogP contribution in [0, 0.1) is 20.8 Å². The van der Waals surface area contributed by atoms with Gasteiger partial charge in [-0.05, 0) is 26.3 Å². The highest BCUT2D eigenvalue weighted by atomic mass is 14.9. The molecule has 0 fully saturated rings. The number of aromatic nitrogens is 2. The summed E-state index contributed by atoms with van der Waals surface area (Å²) in [6, 6.07) is 0. The van der Waals surface area contributed by atoms with Crippen LogP contribution >= 0.6 is 0 Å². The van der Waals surface area contributed by atoms with Crippen LogP contribution in [0.2, 0.25) is 0 Å². The molecule has 0 aliphatic rings. The summed E-state index contributed by atoms with van der Waals surface area (Å²) in [5, 5.41) is 0. The molecule has 0 saturated carbocycles. The van der Waals surface area contributed by atoms with Crippen molar-refractivity contribution in [3.8, 4) is 0 Å². The Morgan fingerprint density at radius 1 is 0.923 bits per heavy atom. The lowest BCUT2D eigenvalue weighted by atomic mass is 9.88. The van der Waals surface area contributed by atoms with Gasteiger partial charge in [0.1, 0.15) is 5.82 Å². The highest BCUT2D eigenvalue weighted by molar-refractivity contribution is 5.28. The van der Waals surface area contributed by atoms with Crippen molar-refractivity contribution in [1.82, 2.24) is 9.97 Å². The van der Waals surface area contributed by atoms with Crippen molar-refractivity contribution in [2.45, 2.75) is 47.0 Å². The summed E-state index contributed by atoms with van der Waals surface area (Å²) in [4.78, 5) is 8.83. The largest absolute Gasteiger partial charge is 0.238 e. The van der Waals surface area contributed by atoms with E-state index in [1.165, 1.54) is 5.56 Å². The summed E-state index contributed by atoms with van der Waals surface area (Å²) in [5.74, 6) is 0.869. The highest BCUT2D eigenvalue weighted by Gasteiger charge is 2.19. The van der Waals surface area contributed by atoms with Gasteiger partial charge in [0.05, 0.1) is 5.69 Å². The van der Waals surface area contributed by atoms with Crippen LogP contribution in [0.4, 0.5) is 0 Å². The standard InChI is InChI=1S/C11H18N2/c1-7-8(2)12-9(3)13-10(7)11(4,5)6/h1-6H3. The maximum Gasteiger partial charge on any atom is 0.125 e. The van der Waals surface area contributed by atoms with E-state index >= 15 is 0 Å². The molecule has 0 unspecified atom stereocenters. The Bertz CT molecular complexity index is 322. The van der Waals surface area contributed by atoms with Gasteiger partial charge in [-0.15, -0.1) is 0 Å². The number of hydrogen-bond donors (Lipinski definition) is 0. The Hall–Kier alpha value is -0.920. The maximum atomic E-state index is 4.49. The number of nitrogens with zero attached hydrogens (tertiary/aromatic N) is 2. The maximum absolute atomic E-state index is 4.49. The van der Waals surface area contributed by atoms with Crippen LogP contribution < -0.4 is 0 Å². The van der Waals surface area contributed by atoms with Gasteiger partial charge in [0.2, 0.25) is 0 Å². The van der Waals surface area contributed by atoms with Crippen LogP contribution in [0.15, 0.2) is 0 Å². The van der Waals surface area contributed by atoms with Gasteiger partial charge < -0.3 is 0 Å². The van der Waals surface area contributed by atoms with Gasteiger partial charge in [-0.3, -0.25) is 0 Å². The van der Waals surface area contributed by atoms with E-state index in [0.717, 1.165) is 17.2 Å². The van der Waals surface area contributed by atoms with Crippen molar-refractivity contribution in [3.05, 3.63) is 22.8 Å². The molecule has 1 aromatic heterocycles. The molecule has 0 saturated heterocycles. The molecule has 2 nitrogen and oxygen atoms in total. The molecular formula is C11H18N2. The predicted molar refractivity (Wildman–Crippen MR) is 54.9 cm³/mol. The third-order valence-corrected chi connectivity index (χ3v) is 2.21. The zero-order valence-corrected chi connectivity index (χ0v) is 9.39. The van der Waals surface area contributed by atoms with Crippen LogP contribution in [0.1, 0.15) is 43.5 Å². The van der Waals surface area contributed by atoms with E-state index < -0.39 is 0 Å². The lowest BCUT2D eigenvalue weighted by molar-refractivity contribution is 0.557. The van der Waals surface area contributed by atoms with E-state index in [4.69, 9.17) is 0 Å². The number of hydrogen-bond acceptors (Lipinski definition) is 2. The van der Waals surface area contributed by atoms with Crippen LogP contribution in [0.3, 0.4) is 0 Å². The minimum Gasteiger partial charge on any atom is -0.238 e. The third kappa shape index (κ3) is 2.06. The fourth-order valence-electron chi connectivity index (χ4n) is 1.50. The van der Waals surface area contributed by atoms with Crippen molar-refractivity contribution >= 4 is 0 Å². The average Bonchev–Trinajstić information content (AvgIpc) is 1.94. The molecule has 13 heavy (non-hydrogen) atoms. The summed E-state index contributed by atoms with van der Waals surface area (Å²) in [6.07, 6.45) is 0. The Morgan fingerprint density at radius 3 is 1.92 bits per heavy atom. The van der Waals surface area contributed by atoms with Gasteiger partial charge in [0, 0.05) is 11.1 Å². The van der Waals surface area contributed by atoms with Crippen LogP contribution in [0.25, 0.3) is 0 Å². The lowest BCUT2D eigenvalue weighted by Gasteiger charge is -2.21. The summed E-state index contributed by atoms with van der Waals surface area (Å²) >= 11 is 0. The van der Waals surface area contributed by atoms with Crippen LogP contribution in [0.5, 0.6) is 0 Å². The Labute approximate surface area is 80.4 Å². The summed E-state index contributed by atoms with van der Waals surface area (Å²) in [6.45, 7) is 12.6. The van der Waals surface area contributed by atoms with Crippen molar-refractivity contribution < 1.29 is 0 Å². The molecule has 0 spiro atoms. The quantitative estimate of drug-likeness (QED) is 0.610. The van der Waals surface area contributed by atoms with Gasteiger partial charge in [-0.25, -0.2) is 9.97 Å². The fourth-order valence-corrected chi connectivity index (χ4v) is 1.50. The van der Waals surface area contributed by atoms with E-state index in [1.54, 1.807) is 0 Å². The van der Waals surface area contributed by atoms with Crippen molar-refractivity contribution in [1.29, 1.82) is 0 Å². The molecule has 72 valence electrons. The topological polar surface area (TPSA) is 25.8 Å². The average molecular weight is 178 g/mol. The first-order chi connectivity index (χ1) is 5.82. The van der Waals surface area contributed by atoms with Crippen molar-refractivity contribution in [2.75, 3.05) is 0 Å². The van der Waals surface area contributed by atoms with E-state index in [1.807, 2.05) is 13.8 Å². The highest BCUT2D eigenvalue weighted by Crippen LogP contribution is 2.24. The predicted octanol–water partition coefficient (Wildman–Crippen LogP) is 2.70. The van der Waals surface area contributed by atoms with E-state index in [9.17, 15) is 0 Å². The molecule has 0 N–H and O–H groups in total. The van der Waals surface area contributed by atoms with Gasteiger partial charge >= 0.3 is 0 Å². The second-order valence-corrected chi connectivity index (χ2v) is 4.58. The molecule has 0 amide bonds. The van der Waals surface area contributed by atoms with Gasteiger partial charge in [-0.1, -0.05) is 20.8 Å². The first-order valence-electron chi connectivity index (χ1n) is 4.64. The number of rotatable bonds is 0. The summed E-state index contributed by atoms with van der Waals surface area (Å²) in [7, 11) is 0. The minimum absolute atomic E-state index is 0.114. The van der Waals surface area contributed by atoms with Crippen molar-refractivity contribution in [2.24, 2.45) is 0 Å². The zero-order valence-electron chi connectivity index (χ0n) is 9.39. The first-order valence-corrected chi connectivity index (χ1v) is 4.64. The van der Waals surface area contributed by atoms with E-state index in [2.05, 4.69) is 37.7 Å². The normalized spacial score (nSPS) is 11.8. The molecule has 0 aliphatic heterocycles. The molecule has 0 radical (unpaired) electrons. The van der Waals surface area contributed by atoms with Gasteiger partial charge in [0.25, 0.3) is 0 Å².